The monoisotopic (exact) mass is 488 g/mol. The van der Waals surface area contributed by atoms with Crippen LogP contribution in [0.15, 0.2) is 48.0 Å². The summed E-state index contributed by atoms with van der Waals surface area (Å²) in [6.45, 7) is 13.3. The summed E-state index contributed by atoms with van der Waals surface area (Å²) in [6.07, 6.45) is 3.13. The predicted octanol–water partition coefficient (Wildman–Crippen LogP) is 7.26. The van der Waals surface area contributed by atoms with E-state index in [1.807, 2.05) is 31.2 Å². The minimum absolute atomic E-state index is 0.162. The molecule has 36 heavy (non-hydrogen) atoms. The van der Waals surface area contributed by atoms with E-state index in [-0.39, 0.29) is 17.4 Å². The molecule has 1 saturated carbocycles. The lowest BCUT2D eigenvalue weighted by molar-refractivity contribution is -0.130. The smallest absolute Gasteiger partial charge is 0.472 e. The van der Waals surface area contributed by atoms with Crippen molar-refractivity contribution in [1.29, 1.82) is 0 Å². The van der Waals surface area contributed by atoms with Gasteiger partial charge in [0, 0.05) is 11.5 Å². The fraction of sp³-hybridized carbons (Fsp3) is 0.419. The van der Waals surface area contributed by atoms with Gasteiger partial charge in [-0.1, -0.05) is 64.3 Å². The van der Waals surface area contributed by atoms with E-state index in [9.17, 15) is 9.59 Å². The number of carbonyl (C=O) groups excluding carboxylic acids is 1. The van der Waals surface area contributed by atoms with Crippen molar-refractivity contribution in [3.8, 4) is 17.6 Å². The first-order valence-electron chi connectivity index (χ1n) is 12.5. The van der Waals surface area contributed by atoms with E-state index in [2.05, 4.69) is 45.6 Å². The Morgan fingerprint density at radius 1 is 0.944 bits per heavy atom. The number of carbonyl (C=O) groups is 2. The molecule has 0 bridgehead atoms. The zero-order valence-electron chi connectivity index (χ0n) is 22.2. The molecule has 190 valence electrons. The fourth-order valence-electron chi connectivity index (χ4n) is 5.61. The van der Waals surface area contributed by atoms with Crippen molar-refractivity contribution in [3.05, 3.63) is 70.3 Å². The number of rotatable bonds is 5. The van der Waals surface area contributed by atoms with Crippen LogP contribution in [-0.4, -0.2) is 23.8 Å². The first kappa shape index (κ1) is 27.1. The molecule has 0 radical (unpaired) electrons. The molecule has 0 amide bonds. The second kappa shape index (κ2) is 11.0. The Bertz CT molecular complexity index is 1200. The molecule has 3 rings (SSSR count). The molecule has 2 aromatic rings. The lowest BCUT2D eigenvalue weighted by atomic mass is 9.62. The van der Waals surface area contributed by atoms with E-state index >= 15 is 0 Å². The molecule has 5 heteroatoms. The van der Waals surface area contributed by atoms with Crippen molar-refractivity contribution in [2.45, 2.75) is 67.2 Å². The molecular weight excluding hydrogens is 452 g/mol. The van der Waals surface area contributed by atoms with Crippen LogP contribution in [0.3, 0.4) is 0 Å². The molecule has 0 aromatic heterocycles. The number of benzene rings is 2. The highest BCUT2D eigenvalue weighted by Crippen LogP contribution is 2.51. The number of aliphatic carboxylic acids is 1. The number of aryl methyl sites for hydroxylation is 1. The molecule has 1 aliphatic rings. The van der Waals surface area contributed by atoms with Gasteiger partial charge in [-0.2, -0.15) is 0 Å². The first-order valence-corrected chi connectivity index (χ1v) is 12.5. The summed E-state index contributed by atoms with van der Waals surface area (Å²) in [5.74, 6) is 4.31. The number of carboxylic acids is 1. The van der Waals surface area contributed by atoms with Crippen LogP contribution in [0.25, 0.3) is 5.57 Å². The highest BCUT2D eigenvalue weighted by molar-refractivity contribution is 5.87. The van der Waals surface area contributed by atoms with Crippen molar-refractivity contribution in [2.75, 3.05) is 6.61 Å². The third kappa shape index (κ3) is 7.01. The van der Waals surface area contributed by atoms with Crippen LogP contribution >= 0.6 is 0 Å². The second-order valence-corrected chi connectivity index (χ2v) is 10.9. The molecule has 0 atom stereocenters. The van der Waals surface area contributed by atoms with Crippen molar-refractivity contribution in [2.24, 2.45) is 10.8 Å². The van der Waals surface area contributed by atoms with Gasteiger partial charge in [-0.25, -0.2) is 9.59 Å². The molecular formula is C31H36O5. The Hall–Kier alpha value is -3.52. The maximum atomic E-state index is 11.7. The lowest BCUT2D eigenvalue weighted by Gasteiger charge is -2.43. The molecule has 2 aromatic carbocycles. The number of ether oxygens (including phenoxy) is 2. The first-order chi connectivity index (χ1) is 16.9. The molecule has 1 aliphatic carbocycles. The van der Waals surface area contributed by atoms with Gasteiger partial charge in [0.2, 0.25) is 0 Å². The van der Waals surface area contributed by atoms with E-state index in [0.29, 0.717) is 5.75 Å². The topological polar surface area (TPSA) is 72.8 Å². The van der Waals surface area contributed by atoms with Gasteiger partial charge in [-0.05, 0) is 90.0 Å². The van der Waals surface area contributed by atoms with Crippen LogP contribution in [0, 0.1) is 22.7 Å². The fourth-order valence-corrected chi connectivity index (χ4v) is 5.61. The van der Waals surface area contributed by atoms with Crippen molar-refractivity contribution in [3.63, 3.8) is 0 Å². The number of carboxylic acid groups (broad SMARTS) is 1. The van der Waals surface area contributed by atoms with Gasteiger partial charge in [0.25, 0.3) is 0 Å². The Labute approximate surface area is 214 Å². The van der Waals surface area contributed by atoms with E-state index in [1.165, 1.54) is 11.1 Å². The summed E-state index contributed by atoms with van der Waals surface area (Å²) < 4.78 is 10.2. The molecule has 0 aliphatic heterocycles. The van der Waals surface area contributed by atoms with Crippen molar-refractivity contribution < 1.29 is 24.2 Å². The van der Waals surface area contributed by atoms with E-state index in [1.54, 1.807) is 19.1 Å². The largest absolute Gasteiger partial charge is 0.513 e. The molecule has 0 unspecified atom stereocenters. The van der Waals surface area contributed by atoms with Gasteiger partial charge in [-0.3, -0.25) is 0 Å². The third-order valence-corrected chi connectivity index (χ3v) is 6.38. The Balaban J connectivity index is 2.14. The standard InChI is InChI=1S/C31H36O5/c1-7-21-17-24(10-9-22(21)13-16-27(32)33)28(25-18-30(3,4)20-31(5,6)19-25)23-11-14-26(15-12-23)36-29(34)35-8-2/h9-12,14-15,17H,7-8,18-20H2,1-6H3,(H,32,33). The maximum absolute atomic E-state index is 11.7. The Kier molecular flexibility index (Phi) is 8.30. The number of hydrogen-bond acceptors (Lipinski definition) is 4. The molecule has 0 spiro atoms. The quantitative estimate of drug-likeness (QED) is 0.272. The van der Waals surface area contributed by atoms with E-state index < -0.39 is 12.1 Å². The highest BCUT2D eigenvalue weighted by Gasteiger charge is 2.37. The minimum Gasteiger partial charge on any atom is -0.472 e. The highest BCUT2D eigenvalue weighted by atomic mass is 16.7. The summed E-state index contributed by atoms with van der Waals surface area (Å²) in [4.78, 5) is 22.7. The average molecular weight is 489 g/mol. The van der Waals surface area contributed by atoms with Gasteiger partial charge >= 0.3 is 12.1 Å². The lowest BCUT2D eigenvalue weighted by Crippen LogP contribution is -2.30. The summed E-state index contributed by atoms with van der Waals surface area (Å²) in [5, 5.41) is 8.98. The Morgan fingerprint density at radius 3 is 2.11 bits per heavy atom. The average Bonchev–Trinajstić information content (AvgIpc) is 2.77. The van der Waals surface area contributed by atoms with Gasteiger partial charge < -0.3 is 14.6 Å². The number of allylic oxidation sites excluding steroid dienone is 1. The van der Waals surface area contributed by atoms with Crippen molar-refractivity contribution >= 4 is 17.7 Å². The minimum atomic E-state index is -1.14. The van der Waals surface area contributed by atoms with Crippen LogP contribution in [-0.2, 0) is 16.0 Å². The van der Waals surface area contributed by atoms with Gasteiger partial charge in [0.15, 0.2) is 0 Å². The molecule has 5 nitrogen and oxygen atoms in total. The summed E-state index contributed by atoms with van der Waals surface area (Å²) in [5.41, 5.74) is 6.75. The van der Waals surface area contributed by atoms with Crippen molar-refractivity contribution in [1.82, 2.24) is 0 Å². The van der Waals surface area contributed by atoms with E-state index in [4.69, 9.17) is 14.6 Å². The summed E-state index contributed by atoms with van der Waals surface area (Å²) in [6, 6.07) is 13.6. The van der Waals surface area contributed by atoms with Gasteiger partial charge in [0.1, 0.15) is 5.75 Å². The predicted molar refractivity (Wildman–Crippen MR) is 142 cm³/mol. The Morgan fingerprint density at radius 2 is 1.56 bits per heavy atom. The summed E-state index contributed by atoms with van der Waals surface area (Å²) >= 11 is 0. The molecule has 0 saturated heterocycles. The zero-order valence-corrected chi connectivity index (χ0v) is 22.2. The second-order valence-electron chi connectivity index (χ2n) is 10.9. The van der Waals surface area contributed by atoms with Gasteiger partial charge in [-0.15, -0.1) is 0 Å². The van der Waals surface area contributed by atoms with Gasteiger partial charge in [0.05, 0.1) is 6.61 Å². The van der Waals surface area contributed by atoms with Crippen LogP contribution in [0.1, 0.15) is 83.1 Å². The normalized spacial score (nSPS) is 15.9. The van der Waals surface area contributed by atoms with Crippen LogP contribution in [0.2, 0.25) is 0 Å². The zero-order chi connectivity index (χ0) is 26.5. The SMILES string of the molecule is CCOC(=O)Oc1ccc(C(=C2CC(C)(C)CC(C)(C)C2)c2ccc(C#CC(=O)O)c(CC)c2)cc1. The van der Waals surface area contributed by atoms with E-state index in [0.717, 1.165) is 47.9 Å². The third-order valence-electron chi connectivity index (χ3n) is 6.38. The van der Waals surface area contributed by atoms with Crippen LogP contribution in [0.4, 0.5) is 4.79 Å². The number of hydrogen-bond donors (Lipinski definition) is 1. The summed E-state index contributed by atoms with van der Waals surface area (Å²) in [7, 11) is 0. The van der Waals surface area contributed by atoms with Crippen LogP contribution in [0.5, 0.6) is 5.75 Å². The maximum Gasteiger partial charge on any atom is 0.513 e. The van der Waals surface area contributed by atoms with Crippen LogP contribution < -0.4 is 4.74 Å². The molecule has 0 heterocycles. The molecule has 1 N–H and O–H groups in total. The molecule has 1 fully saturated rings.